The molecule has 188 valence electrons. The Labute approximate surface area is 218 Å². The molecule has 1 aliphatic heterocycles. The average Bonchev–Trinajstić information content (AvgIpc) is 3.06. The van der Waals surface area contributed by atoms with Gasteiger partial charge < -0.3 is 15.5 Å². The van der Waals surface area contributed by atoms with Crippen molar-refractivity contribution in [1.82, 2.24) is 10.6 Å². The van der Waals surface area contributed by atoms with E-state index in [1.807, 2.05) is 29.2 Å². The molecule has 2 N–H and O–H groups in total. The summed E-state index contributed by atoms with van der Waals surface area (Å²) in [6, 6.07) is 30.4. The zero-order valence-electron chi connectivity index (χ0n) is 21.4. The van der Waals surface area contributed by atoms with Gasteiger partial charge in [0.2, 0.25) is 11.8 Å². The van der Waals surface area contributed by atoms with Gasteiger partial charge >= 0.3 is 0 Å². The highest BCUT2D eigenvalue weighted by Crippen LogP contribution is 2.31. The number of carbonyl (C=O) groups excluding carboxylic acids is 2. The molecule has 5 nitrogen and oxygen atoms in total. The van der Waals surface area contributed by atoms with Crippen LogP contribution in [-0.2, 0) is 29.0 Å². The van der Waals surface area contributed by atoms with E-state index < -0.39 is 6.04 Å². The summed E-state index contributed by atoms with van der Waals surface area (Å²) in [5, 5.41) is 8.30. The van der Waals surface area contributed by atoms with E-state index in [0.29, 0.717) is 13.0 Å². The van der Waals surface area contributed by atoms with Gasteiger partial charge in [0, 0.05) is 5.69 Å². The molecule has 4 aromatic carbocycles. The van der Waals surface area contributed by atoms with Crippen molar-refractivity contribution in [3.05, 3.63) is 113 Å². The van der Waals surface area contributed by atoms with Crippen molar-refractivity contribution in [2.45, 2.75) is 44.8 Å². The molecule has 0 saturated heterocycles. The van der Waals surface area contributed by atoms with Crippen LogP contribution in [0.1, 0.15) is 35.6 Å². The molecule has 0 bridgehead atoms. The van der Waals surface area contributed by atoms with Crippen molar-refractivity contribution in [3.8, 4) is 0 Å². The van der Waals surface area contributed by atoms with Crippen LogP contribution in [0.5, 0.6) is 0 Å². The molecule has 0 aliphatic carbocycles. The van der Waals surface area contributed by atoms with Crippen LogP contribution in [0.4, 0.5) is 5.69 Å². The van der Waals surface area contributed by atoms with Gasteiger partial charge in [-0.2, -0.15) is 0 Å². The molecule has 0 saturated carbocycles. The quantitative estimate of drug-likeness (QED) is 0.382. The van der Waals surface area contributed by atoms with Crippen molar-refractivity contribution < 1.29 is 9.59 Å². The lowest BCUT2D eigenvalue weighted by Crippen LogP contribution is -2.52. The summed E-state index contributed by atoms with van der Waals surface area (Å²) in [4.78, 5) is 28.4. The standard InChI is InChI=1S/C32H33N3O2/c1-22(33-2)31(36)34-29-19-18-24-12-6-7-17-30(24)35(32(29)37)21-26-14-9-15-27-25(13-8-16-28(26)27)20-23-10-4-3-5-11-23/h3-17,22,29,33H,18-21H2,1-2H3,(H,34,36). The number of rotatable bonds is 7. The Bertz CT molecular complexity index is 1420. The third-order valence-electron chi connectivity index (χ3n) is 7.36. The number of nitrogens with zero attached hydrogens (tertiary/aromatic N) is 1. The molecule has 1 aliphatic rings. The number of amides is 2. The van der Waals surface area contributed by atoms with Crippen LogP contribution in [0.2, 0.25) is 0 Å². The molecule has 0 fully saturated rings. The van der Waals surface area contributed by atoms with Gasteiger partial charge in [-0.15, -0.1) is 0 Å². The van der Waals surface area contributed by atoms with Crippen LogP contribution >= 0.6 is 0 Å². The van der Waals surface area contributed by atoms with Crippen LogP contribution < -0.4 is 15.5 Å². The molecule has 37 heavy (non-hydrogen) atoms. The number of hydrogen-bond donors (Lipinski definition) is 2. The molecule has 4 aromatic rings. The van der Waals surface area contributed by atoms with Gasteiger partial charge in [-0.1, -0.05) is 84.9 Å². The van der Waals surface area contributed by atoms with Gasteiger partial charge in [0.25, 0.3) is 0 Å². The third-order valence-corrected chi connectivity index (χ3v) is 7.36. The maximum absolute atomic E-state index is 13.9. The van der Waals surface area contributed by atoms with E-state index in [2.05, 4.69) is 77.4 Å². The highest BCUT2D eigenvalue weighted by atomic mass is 16.2. The fraction of sp³-hybridized carbons (Fsp3) is 0.250. The molecule has 2 unspecified atom stereocenters. The SMILES string of the molecule is CNC(C)C(=O)NC1CCc2ccccc2N(Cc2cccc3c(Cc4ccccc4)cccc23)C1=O. The smallest absolute Gasteiger partial charge is 0.249 e. The summed E-state index contributed by atoms with van der Waals surface area (Å²) >= 11 is 0. The number of hydrogen-bond acceptors (Lipinski definition) is 3. The first-order valence-electron chi connectivity index (χ1n) is 13.0. The zero-order chi connectivity index (χ0) is 25.8. The summed E-state index contributed by atoms with van der Waals surface area (Å²) in [5.41, 5.74) is 5.67. The van der Waals surface area contributed by atoms with E-state index in [9.17, 15) is 9.59 Å². The minimum Gasteiger partial charge on any atom is -0.343 e. The summed E-state index contributed by atoms with van der Waals surface area (Å²) < 4.78 is 0. The van der Waals surface area contributed by atoms with Crippen molar-refractivity contribution >= 4 is 28.3 Å². The van der Waals surface area contributed by atoms with Crippen molar-refractivity contribution in [3.63, 3.8) is 0 Å². The van der Waals surface area contributed by atoms with Crippen molar-refractivity contribution in [1.29, 1.82) is 0 Å². The number of likely N-dealkylation sites (N-methyl/N-ethyl adjacent to an activating group) is 1. The molecule has 2 amide bonds. The molecule has 0 spiro atoms. The second kappa shape index (κ2) is 11.0. The lowest BCUT2D eigenvalue weighted by molar-refractivity contribution is -0.128. The van der Waals surface area contributed by atoms with Gasteiger partial charge in [-0.3, -0.25) is 9.59 Å². The third kappa shape index (κ3) is 5.27. The normalized spacial score (nSPS) is 16.2. The number of benzene rings is 4. The predicted molar refractivity (Wildman–Crippen MR) is 150 cm³/mol. The topological polar surface area (TPSA) is 61.4 Å². The lowest BCUT2D eigenvalue weighted by Gasteiger charge is -2.27. The minimum atomic E-state index is -0.570. The van der Waals surface area contributed by atoms with E-state index in [-0.39, 0.29) is 17.9 Å². The Hall–Kier alpha value is -3.96. The van der Waals surface area contributed by atoms with E-state index in [4.69, 9.17) is 0 Å². The first kappa shape index (κ1) is 24.7. The van der Waals surface area contributed by atoms with E-state index in [0.717, 1.165) is 35.0 Å². The van der Waals surface area contributed by atoms with Crippen molar-refractivity contribution in [2.24, 2.45) is 0 Å². The fourth-order valence-electron chi connectivity index (χ4n) is 5.16. The maximum Gasteiger partial charge on any atom is 0.249 e. The number of nitrogens with one attached hydrogen (secondary N) is 2. The Morgan fingerprint density at radius 2 is 1.57 bits per heavy atom. The Morgan fingerprint density at radius 1 is 0.892 bits per heavy atom. The summed E-state index contributed by atoms with van der Waals surface area (Å²) in [5.74, 6) is -0.235. The van der Waals surface area contributed by atoms with Gasteiger partial charge in [0.05, 0.1) is 12.6 Å². The van der Waals surface area contributed by atoms with Gasteiger partial charge in [0.1, 0.15) is 6.04 Å². The molecule has 0 aromatic heterocycles. The second-order valence-electron chi connectivity index (χ2n) is 9.76. The van der Waals surface area contributed by atoms with Gasteiger partial charge in [-0.25, -0.2) is 0 Å². The monoisotopic (exact) mass is 491 g/mol. The van der Waals surface area contributed by atoms with Crippen LogP contribution in [0.3, 0.4) is 0 Å². The number of anilines is 1. The molecule has 5 heteroatoms. The Kier molecular flexibility index (Phi) is 7.33. The molecule has 2 atom stereocenters. The summed E-state index contributed by atoms with van der Waals surface area (Å²) in [6.45, 7) is 2.24. The van der Waals surface area contributed by atoms with Gasteiger partial charge in [0.15, 0.2) is 0 Å². The molecule has 1 heterocycles. The minimum absolute atomic E-state index is 0.0703. The highest BCUT2D eigenvalue weighted by molar-refractivity contribution is 6.01. The summed E-state index contributed by atoms with van der Waals surface area (Å²) in [7, 11) is 1.74. The Morgan fingerprint density at radius 3 is 2.32 bits per heavy atom. The molecular weight excluding hydrogens is 458 g/mol. The fourth-order valence-corrected chi connectivity index (χ4v) is 5.16. The Balaban J connectivity index is 1.50. The van der Waals surface area contributed by atoms with E-state index >= 15 is 0 Å². The van der Waals surface area contributed by atoms with E-state index in [1.165, 1.54) is 16.5 Å². The van der Waals surface area contributed by atoms with Crippen LogP contribution in [-0.4, -0.2) is 30.9 Å². The molecule has 5 rings (SSSR count). The van der Waals surface area contributed by atoms with Gasteiger partial charge in [-0.05, 0) is 72.3 Å². The largest absolute Gasteiger partial charge is 0.343 e. The maximum atomic E-state index is 13.9. The van der Waals surface area contributed by atoms with Crippen LogP contribution in [0.25, 0.3) is 10.8 Å². The average molecular weight is 492 g/mol. The van der Waals surface area contributed by atoms with Crippen LogP contribution in [0.15, 0.2) is 91.0 Å². The van der Waals surface area contributed by atoms with Crippen LogP contribution in [0, 0.1) is 0 Å². The van der Waals surface area contributed by atoms with E-state index in [1.54, 1.807) is 14.0 Å². The number of carbonyl (C=O) groups is 2. The first-order valence-corrected chi connectivity index (χ1v) is 13.0. The number of fused-ring (bicyclic) bond motifs is 2. The predicted octanol–water partition coefficient (Wildman–Crippen LogP) is 5.00. The number of para-hydroxylation sites is 1. The lowest BCUT2D eigenvalue weighted by atomic mass is 9.95. The summed E-state index contributed by atoms with van der Waals surface area (Å²) in [6.07, 6.45) is 2.16. The number of aryl methyl sites for hydroxylation is 1. The van der Waals surface area contributed by atoms with Crippen molar-refractivity contribution in [2.75, 3.05) is 11.9 Å². The zero-order valence-corrected chi connectivity index (χ0v) is 21.4. The second-order valence-corrected chi connectivity index (χ2v) is 9.76. The highest BCUT2D eigenvalue weighted by Gasteiger charge is 2.32. The first-order chi connectivity index (χ1) is 18.0. The molecular formula is C32H33N3O2. The molecule has 0 radical (unpaired) electrons.